The van der Waals surface area contributed by atoms with Gasteiger partial charge in [0.1, 0.15) is 0 Å². The molecule has 80 valence electrons. The molecular formula is C12H14O3. The van der Waals surface area contributed by atoms with Crippen LogP contribution in [0.2, 0.25) is 0 Å². The maximum atomic E-state index is 10.4. The van der Waals surface area contributed by atoms with Gasteiger partial charge in [-0.3, -0.25) is 0 Å². The van der Waals surface area contributed by atoms with Crippen LogP contribution in [-0.4, -0.2) is 17.7 Å². The summed E-state index contributed by atoms with van der Waals surface area (Å²) >= 11 is 0. The average Bonchev–Trinajstić information content (AvgIpc) is 2.24. The van der Waals surface area contributed by atoms with E-state index in [4.69, 9.17) is 9.84 Å². The van der Waals surface area contributed by atoms with E-state index >= 15 is 0 Å². The van der Waals surface area contributed by atoms with Crippen LogP contribution in [-0.2, 0) is 16.1 Å². The first kappa shape index (κ1) is 11.5. The third-order valence-corrected chi connectivity index (χ3v) is 1.92. The van der Waals surface area contributed by atoms with Crippen LogP contribution in [0.4, 0.5) is 0 Å². The fraction of sp³-hybridized carbons (Fsp3) is 0.250. The van der Waals surface area contributed by atoms with Crippen molar-refractivity contribution in [2.45, 2.75) is 13.5 Å². The molecule has 1 rings (SSSR count). The Balaban J connectivity index is 2.81. The number of ether oxygens (including phenoxy) is 1. The molecule has 0 atom stereocenters. The van der Waals surface area contributed by atoms with Crippen LogP contribution < -0.4 is 0 Å². The van der Waals surface area contributed by atoms with Gasteiger partial charge in [0.25, 0.3) is 0 Å². The first-order valence-corrected chi connectivity index (χ1v) is 4.80. The van der Waals surface area contributed by atoms with Crippen LogP contribution in [0.1, 0.15) is 18.1 Å². The van der Waals surface area contributed by atoms with Crippen LogP contribution >= 0.6 is 0 Å². The highest BCUT2D eigenvalue weighted by Gasteiger charge is 1.98. The van der Waals surface area contributed by atoms with Crippen molar-refractivity contribution in [3.05, 3.63) is 41.5 Å². The molecule has 15 heavy (non-hydrogen) atoms. The molecule has 1 aromatic carbocycles. The van der Waals surface area contributed by atoms with Crippen molar-refractivity contribution in [3.63, 3.8) is 0 Å². The molecule has 0 bridgehead atoms. The monoisotopic (exact) mass is 206 g/mol. The van der Waals surface area contributed by atoms with Crippen molar-refractivity contribution in [3.8, 4) is 0 Å². The van der Waals surface area contributed by atoms with Gasteiger partial charge in [-0.1, -0.05) is 24.3 Å². The maximum absolute atomic E-state index is 10.4. The molecule has 0 fully saturated rings. The van der Waals surface area contributed by atoms with Crippen molar-refractivity contribution < 1.29 is 14.6 Å². The maximum Gasteiger partial charge on any atom is 0.328 e. The molecule has 3 nitrogen and oxygen atoms in total. The fourth-order valence-corrected chi connectivity index (χ4v) is 1.20. The summed E-state index contributed by atoms with van der Waals surface area (Å²) in [5.74, 6) is -0.943. The van der Waals surface area contributed by atoms with Crippen molar-refractivity contribution >= 4 is 12.0 Å². The number of rotatable bonds is 5. The zero-order valence-corrected chi connectivity index (χ0v) is 8.64. The lowest BCUT2D eigenvalue weighted by Gasteiger charge is -2.05. The van der Waals surface area contributed by atoms with E-state index in [1.807, 2.05) is 31.2 Å². The van der Waals surface area contributed by atoms with E-state index in [-0.39, 0.29) is 0 Å². The quantitative estimate of drug-likeness (QED) is 0.752. The Kier molecular flexibility index (Phi) is 4.57. The number of hydrogen-bond acceptors (Lipinski definition) is 2. The summed E-state index contributed by atoms with van der Waals surface area (Å²) in [6.45, 7) is 3.09. The number of hydrogen-bond donors (Lipinski definition) is 1. The summed E-state index contributed by atoms with van der Waals surface area (Å²) in [4.78, 5) is 10.4. The van der Waals surface area contributed by atoms with Gasteiger partial charge in [0.2, 0.25) is 0 Å². The van der Waals surface area contributed by atoms with Crippen LogP contribution in [0.3, 0.4) is 0 Å². The second-order valence-electron chi connectivity index (χ2n) is 3.01. The minimum atomic E-state index is -0.943. The van der Waals surface area contributed by atoms with E-state index < -0.39 is 5.97 Å². The van der Waals surface area contributed by atoms with Gasteiger partial charge < -0.3 is 9.84 Å². The minimum Gasteiger partial charge on any atom is -0.478 e. The molecule has 0 aliphatic carbocycles. The van der Waals surface area contributed by atoms with Gasteiger partial charge in [-0.2, -0.15) is 0 Å². The standard InChI is InChI=1S/C12H14O3/c1-2-15-9-11-6-4-3-5-10(11)7-8-12(13)14/h3-8H,2,9H2,1H3,(H,13,14). The van der Waals surface area contributed by atoms with Gasteiger partial charge in [0, 0.05) is 12.7 Å². The van der Waals surface area contributed by atoms with Crippen molar-refractivity contribution in [2.24, 2.45) is 0 Å². The van der Waals surface area contributed by atoms with Crippen LogP contribution in [0.25, 0.3) is 6.08 Å². The molecule has 0 aliphatic rings. The van der Waals surface area contributed by atoms with Crippen molar-refractivity contribution in [1.29, 1.82) is 0 Å². The zero-order chi connectivity index (χ0) is 11.1. The molecule has 0 heterocycles. The fourth-order valence-electron chi connectivity index (χ4n) is 1.20. The van der Waals surface area contributed by atoms with Crippen LogP contribution in [0, 0.1) is 0 Å². The van der Waals surface area contributed by atoms with Crippen molar-refractivity contribution in [1.82, 2.24) is 0 Å². The van der Waals surface area contributed by atoms with E-state index in [1.54, 1.807) is 6.08 Å². The lowest BCUT2D eigenvalue weighted by atomic mass is 10.1. The summed E-state index contributed by atoms with van der Waals surface area (Å²) in [6, 6.07) is 7.58. The van der Waals surface area contributed by atoms with Crippen LogP contribution in [0.5, 0.6) is 0 Å². The van der Waals surface area contributed by atoms with Crippen LogP contribution in [0.15, 0.2) is 30.3 Å². The first-order valence-electron chi connectivity index (χ1n) is 4.80. The zero-order valence-electron chi connectivity index (χ0n) is 8.64. The lowest BCUT2D eigenvalue weighted by Crippen LogP contribution is -1.95. The molecule has 0 spiro atoms. The molecule has 0 saturated carbocycles. The topological polar surface area (TPSA) is 46.5 Å². The van der Waals surface area contributed by atoms with Gasteiger partial charge in [-0.05, 0) is 24.1 Å². The molecule has 0 aliphatic heterocycles. The molecular weight excluding hydrogens is 192 g/mol. The first-order chi connectivity index (χ1) is 7.24. The smallest absolute Gasteiger partial charge is 0.328 e. The number of carboxylic acid groups (broad SMARTS) is 1. The summed E-state index contributed by atoms with van der Waals surface area (Å²) in [5.41, 5.74) is 1.88. The molecule has 0 amide bonds. The molecule has 1 N–H and O–H groups in total. The van der Waals surface area contributed by atoms with Gasteiger partial charge in [0.05, 0.1) is 6.61 Å². The number of aliphatic carboxylic acids is 1. The van der Waals surface area contributed by atoms with Crippen molar-refractivity contribution in [2.75, 3.05) is 6.61 Å². The van der Waals surface area contributed by atoms with Gasteiger partial charge in [-0.25, -0.2) is 4.79 Å². The Morgan fingerprint density at radius 2 is 2.20 bits per heavy atom. The predicted molar refractivity (Wildman–Crippen MR) is 58.4 cm³/mol. The highest BCUT2D eigenvalue weighted by Crippen LogP contribution is 2.11. The molecule has 0 radical (unpaired) electrons. The molecule has 0 saturated heterocycles. The van der Waals surface area contributed by atoms with Gasteiger partial charge in [0.15, 0.2) is 0 Å². The summed E-state index contributed by atoms with van der Waals surface area (Å²) in [5, 5.41) is 8.52. The lowest BCUT2D eigenvalue weighted by molar-refractivity contribution is -0.131. The Labute approximate surface area is 89.0 Å². The Bertz CT molecular complexity index is 356. The minimum absolute atomic E-state index is 0.511. The third kappa shape index (κ3) is 3.95. The number of carbonyl (C=O) groups is 1. The molecule has 1 aromatic rings. The number of carboxylic acids is 1. The Morgan fingerprint density at radius 1 is 1.47 bits per heavy atom. The second kappa shape index (κ2) is 5.98. The molecule has 3 heteroatoms. The largest absolute Gasteiger partial charge is 0.478 e. The molecule has 0 unspecified atom stereocenters. The summed E-state index contributed by atoms with van der Waals surface area (Å²) in [6.07, 6.45) is 2.71. The van der Waals surface area contributed by atoms with E-state index in [0.717, 1.165) is 17.2 Å². The Hall–Kier alpha value is -1.61. The van der Waals surface area contributed by atoms with Gasteiger partial charge in [-0.15, -0.1) is 0 Å². The Morgan fingerprint density at radius 3 is 2.87 bits per heavy atom. The highest BCUT2D eigenvalue weighted by atomic mass is 16.5. The second-order valence-corrected chi connectivity index (χ2v) is 3.01. The van der Waals surface area contributed by atoms with E-state index in [2.05, 4.69) is 0 Å². The SMILES string of the molecule is CCOCc1ccccc1C=CC(=O)O. The molecule has 0 aromatic heterocycles. The normalized spacial score (nSPS) is 10.7. The summed E-state index contributed by atoms with van der Waals surface area (Å²) < 4.78 is 5.29. The van der Waals surface area contributed by atoms with E-state index in [0.29, 0.717) is 13.2 Å². The van der Waals surface area contributed by atoms with E-state index in [9.17, 15) is 4.79 Å². The third-order valence-electron chi connectivity index (χ3n) is 1.92. The average molecular weight is 206 g/mol. The van der Waals surface area contributed by atoms with E-state index in [1.165, 1.54) is 0 Å². The predicted octanol–water partition coefficient (Wildman–Crippen LogP) is 2.32. The van der Waals surface area contributed by atoms with Gasteiger partial charge >= 0.3 is 5.97 Å². The summed E-state index contributed by atoms with van der Waals surface area (Å²) in [7, 11) is 0. The number of benzene rings is 1. The highest BCUT2D eigenvalue weighted by molar-refractivity contribution is 5.85.